The summed E-state index contributed by atoms with van der Waals surface area (Å²) in [4.78, 5) is 0. The molecule has 2 N–H and O–H groups in total. The first-order valence-corrected chi connectivity index (χ1v) is 5.05. The normalized spacial score (nSPS) is 10.3. The van der Waals surface area contributed by atoms with E-state index in [1.54, 1.807) is 6.20 Å². The zero-order valence-electron chi connectivity index (χ0n) is 9.22. The minimum atomic E-state index is 0.680. The number of rotatable bonds is 3. The molecule has 0 saturated carbocycles. The molecule has 4 nitrogen and oxygen atoms in total. The Morgan fingerprint density at radius 1 is 1.38 bits per heavy atom. The summed E-state index contributed by atoms with van der Waals surface area (Å²) in [6, 6.07) is 7.66. The van der Waals surface area contributed by atoms with Crippen molar-refractivity contribution in [3.63, 3.8) is 0 Å². The van der Waals surface area contributed by atoms with Crippen molar-refractivity contribution < 1.29 is 0 Å². The predicted octanol–water partition coefficient (Wildman–Crippen LogP) is 2.10. The van der Waals surface area contributed by atoms with Crippen molar-refractivity contribution in [3.8, 4) is 11.3 Å². The summed E-state index contributed by atoms with van der Waals surface area (Å²) < 4.78 is 1.83. The minimum Gasteiger partial charge on any atom is -0.399 e. The maximum absolute atomic E-state index is 5.65. The quantitative estimate of drug-likeness (QED) is 0.628. The number of hydrogen-bond donors (Lipinski definition) is 1. The minimum absolute atomic E-state index is 0.680. The van der Waals surface area contributed by atoms with Gasteiger partial charge in [0.15, 0.2) is 0 Å². The second-order valence-corrected chi connectivity index (χ2v) is 3.86. The van der Waals surface area contributed by atoms with Crippen molar-refractivity contribution >= 4 is 5.69 Å². The Labute approximate surface area is 94.4 Å². The van der Waals surface area contributed by atoms with Gasteiger partial charge < -0.3 is 5.73 Å². The average Bonchev–Trinajstić information content (AvgIpc) is 2.66. The molecule has 2 rings (SSSR count). The number of anilines is 1. The third-order valence-electron chi connectivity index (χ3n) is 2.24. The molecule has 1 heterocycles. The summed E-state index contributed by atoms with van der Waals surface area (Å²) in [5, 5.41) is 7.94. The Balaban J connectivity index is 2.36. The maximum atomic E-state index is 5.65. The van der Waals surface area contributed by atoms with Crippen LogP contribution in [-0.4, -0.2) is 15.0 Å². The molecule has 82 valence electrons. The Morgan fingerprint density at radius 2 is 2.06 bits per heavy atom. The van der Waals surface area contributed by atoms with Crippen LogP contribution in [0.3, 0.4) is 0 Å². The van der Waals surface area contributed by atoms with E-state index in [0.29, 0.717) is 6.54 Å². The van der Waals surface area contributed by atoms with Crippen LogP contribution in [0, 0.1) is 0 Å². The number of nitrogens with two attached hydrogens (primary N) is 1. The highest BCUT2D eigenvalue weighted by Gasteiger charge is 2.06. The molecule has 0 aliphatic rings. The van der Waals surface area contributed by atoms with Gasteiger partial charge in [0.05, 0.1) is 18.4 Å². The molecular weight excluding hydrogens is 200 g/mol. The van der Waals surface area contributed by atoms with Gasteiger partial charge >= 0.3 is 0 Å². The molecule has 0 aliphatic heterocycles. The fourth-order valence-electron chi connectivity index (χ4n) is 1.51. The highest BCUT2D eigenvalue weighted by molar-refractivity contribution is 5.61. The first kappa shape index (κ1) is 10.4. The maximum Gasteiger partial charge on any atom is 0.0889 e. The lowest BCUT2D eigenvalue weighted by Crippen LogP contribution is -2.03. The highest BCUT2D eigenvalue weighted by atomic mass is 15.4. The van der Waals surface area contributed by atoms with Crippen LogP contribution in [0.5, 0.6) is 0 Å². The summed E-state index contributed by atoms with van der Waals surface area (Å²) in [6.07, 6.45) is 1.74. The van der Waals surface area contributed by atoms with Crippen molar-refractivity contribution in [3.05, 3.63) is 42.6 Å². The van der Waals surface area contributed by atoms with E-state index >= 15 is 0 Å². The van der Waals surface area contributed by atoms with Gasteiger partial charge in [-0.1, -0.05) is 29.5 Å². The third-order valence-corrected chi connectivity index (χ3v) is 2.24. The van der Waals surface area contributed by atoms with Crippen molar-refractivity contribution in [1.82, 2.24) is 15.0 Å². The number of aromatic nitrogens is 3. The van der Waals surface area contributed by atoms with Gasteiger partial charge in [-0.3, -0.25) is 0 Å². The third kappa shape index (κ3) is 2.11. The molecule has 0 bridgehead atoms. The molecule has 0 unspecified atom stereocenters. The van der Waals surface area contributed by atoms with Gasteiger partial charge in [-0.15, -0.1) is 5.10 Å². The predicted molar refractivity (Wildman–Crippen MR) is 64.7 cm³/mol. The lowest BCUT2D eigenvalue weighted by atomic mass is 10.1. The number of benzene rings is 1. The Morgan fingerprint density at radius 3 is 2.69 bits per heavy atom. The van der Waals surface area contributed by atoms with Gasteiger partial charge in [0.1, 0.15) is 0 Å². The summed E-state index contributed by atoms with van der Waals surface area (Å²) in [6.45, 7) is 6.52. The Hall–Kier alpha value is -2.10. The first-order valence-electron chi connectivity index (χ1n) is 5.05. The van der Waals surface area contributed by atoms with Crippen LogP contribution in [-0.2, 0) is 6.54 Å². The standard InChI is InChI=1S/C12H14N4/c1-9(2)8-16-12(7-14-15-16)10-3-5-11(13)6-4-10/h3-7H,1,8,13H2,2H3. The lowest BCUT2D eigenvalue weighted by Gasteiger charge is -2.05. The number of nitrogens with zero attached hydrogens (tertiary/aromatic N) is 3. The van der Waals surface area contributed by atoms with Crippen LogP contribution in [0.2, 0.25) is 0 Å². The second kappa shape index (κ2) is 4.18. The van der Waals surface area contributed by atoms with Crippen molar-refractivity contribution in [2.24, 2.45) is 0 Å². The van der Waals surface area contributed by atoms with Crippen LogP contribution in [0.25, 0.3) is 11.3 Å². The highest BCUT2D eigenvalue weighted by Crippen LogP contribution is 2.19. The molecule has 1 aromatic carbocycles. The number of nitrogen functional groups attached to an aromatic ring is 1. The average molecular weight is 214 g/mol. The fraction of sp³-hybridized carbons (Fsp3) is 0.167. The molecular formula is C12H14N4. The van der Waals surface area contributed by atoms with Gasteiger partial charge in [0.25, 0.3) is 0 Å². The molecule has 0 aliphatic carbocycles. The smallest absolute Gasteiger partial charge is 0.0889 e. The Kier molecular flexibility index (Phi) is 2.72. The topological polar surface area (TPSA) is 56.7 Å². The van der Waals surface area contributed by atoms with Crippen molar-refractivity contribution in [2.45, 2.75) is 13.5 Å². The van der Waals surface area contributed by atoms with E-state index in [0.717, 1.165) is 22.5 Å². The SMILES string of the molecule is C=C(C)Cn1nncc1-c1ccc(N)cc1. The second-order valence-electron chi connectivity index (χ2n) is 3.86. The van der Waals surface area contributed by atoms with Crippen LogP contribution in [0.15, 0.2) is 42.6 Å². The molecule has 2 aromatic rings. The summed E-state index contributed by atoms with van der Waals surface area (Å²) in [5.41, 5.74) is 9.47. The molecule has 0 fully saturated rings. The lowest BCUT2D eigenvalue weighted by molar-refractivity contribution is 0.649. The summed E-state index contributed by atoms with van der Waals surface area (Å²) in [7, 11) is 0. The molecule has 0 spiro atoms. The number of hydrogen-bond acceptors (Lipinski definition) is 3. The van der Waals surface area contributed by atoms with Gasteiger partial charge in [0.2, 0.25) is 0 Å². The first-order chi connectivity index (χ1) is 7.66. The van der Waals surface area contributed by atoms with E-state index in [1.165, 1.54) is 0 Å². The largest absolute Gasteiger partial charge is 0.399 e. The van der Waals surface area contributed by atoms with Crippen molar-refractivity contribution in [2.75, 3.05) is 5.73 Å². The van der Waals surface area contributed by atoms with Crippen LogP contribution >= 0.6 is 0 Å². The van der Waals surface area contributed by atoms with E-state index in [1.807, 2.05) is 35.9 Å². The van der Waals surface area contributed by atoms with Gasteiger partial charge in [-0.05, 0) is 19.1 Å². The molecule has 0 radical (unpaired) electrons. The number of allylic oxidation sites excluding steroid dienone is 1. The molecule has 0 atom stereocenters. The van der Waals surface area contributed by atoms with E-state index in [-0.39, 0.29) is 0 Å². The van der Waals surface area contributed by atoms with E-state index in [4.69, 9.17) is 5.73 Å². The van der Waals surface area contributed by atoms with E-state index < -0.39 is 0 Å². The molecule has 4 heteroatoms. The zero-order chi connectivity index (χ0) is 11.5. The summed E-state index contributed by atoms with van der Waals surface area (Å²) >= 11 is 0. The van der Waals surface area contributed by atoms with Crippen LogP contribution in [0.1, 0.15) is 6.92 Å². The van der Waals surface area contributed by atoms with Gasteiger partial charge in [-0.25, -0.2) is 4.68 Å². The Bertz CT molecular complexity index is 496. The fourth-order valence-corrected chi connectivity index (χ4v) is 1.51. The van der Waals surface area contributed by atoms with Gasteiger partial charge in [-0.2, -0.15) is 0 Å². The van der Waals surface area contributed by atoms with Gasteiger partial charge in [0, 0.05) is 11.3 Å². The molecule has 1 aromatic heterocycles. The molecule has 0 amide bonds. The van der Waals surface area contributed by atoms with Crippen LogP contribution in [0.4, 0.5) is 5.69 Å². The monoisotopic (exact) mass is 214 g/mol. The van der Waals surface area contributed by atoms with Crippen LogP contribution < -0.4 is 5.73 Å². The zero-order valence-corrected chi connectivity index (χ0v) is 9.22. The summed E-state index contributed by atoms with van der Waals surface area (Å²) in [5.74, 6) is 0. The van der Waals surface area contributed by atoms with E-state index in [9.17, 15) is 0 Å². The van der Waals surface area contributed by atoms with Crippen molar-refractivity contribution in [1.29, 1.82) is 0 Å². The molecule has 0 saturated heterocycles. The van der Waals surface area contributed by atoms with E-state index in [2.05, 4.69) is 16.9 Å². The molecule has 16 heavy (non-hydrogen) atoms.